The van der Waals surface area contributed by atoms with Gasteiger partial charge in [0.05, 0.1) is 12.3 Å². The summed E-state index contributed by atoms with van der Waals surface area (Å²) in [5.74, 6) is 0.297. The van der Waals surface area contributed by atoms with E-state index in [0.717, 1.165) is 5.56 Å². The highest BCUT2D eigenvalue weighted by molar-refractivity contribution is 9.10. The number of hydrogen-bond donors (Lipinski definition) is 3. The smallest absolute Gasteiger partial charge is 0.262 e. The van der Waals surface area contributed by atoms with Crippen molar-refractivity contribution in [2.45, 2.75) is 6.61 Å². The van der Waals surface area contributed by atoms with Gasteiger partial charge in [0.2, 0.25) is 0 Å². The summed E-state index contributed by atoms with van der Waals surface area (Å²) >= 11 is 3.33. The van der Waals surface area contributed by atoms with E-state index in [9.17, 15) is 4.79 Å². The van der Waals surface area contributed by atoms with Crippen LogP contribution in [0.4, 0.5) is 11.4 Å². The fourth-order valence-electron chi connectivity index (χ4n) is 1.66. The zero-order valence-electron chi connectivity index (χ0n) is 11.2. The number of nitrogens with two attached hydrogens (primary N) is 1. The zero-order valence-corrected chi connectivity index (χ0v) is 12.8. The highest BCUT2D eigenvalue weighted by Crippen LogP contribution is 2.24. The van der Waals surface area contributed by atoms with E-state index >= 15 is 0 Å². The van der Waals surface area contributed by atoms with Crippen molar-refractivity contribution in [2.24, 2.45) is 0 Å². The van der Waals surface area contributed by atoms with Crippen LogP contribution < -0.4 is 15.8 Å². The number of ether oxygens (including phenoxy) is 1. The summed E-state index contributed by atoms with van der Waals surface area (Å²) in [4.78, 5) is 11.8. The Morgan fingerprint density at radius 1 is 1.24 bits per heavy atom. The second-order valence-electron chi connectivity index (χ2n) is 4.38. The lowest BCUT2D eigenvalue weighted by molar-refractivity contribution is -0.118. The number of aliphatic hydroxyl groups is 1. The summed E-state index contributed by atoms with van der Waals surface area (Å²) in [5, 5.41) is 11.7. The number of hydrogen-bond acceptors (Lipinski definition) is 4. The predicted octanol–water partition coefficient (Wildman–Crippen LogP) is 2.54. The van der Waals surface area contributed by atoms with Gasteiger partial charge in [0.15, 0.2) is 6.61 Å². The molecule has 0 fully saturated rings. The van der Waals surface area contributed by atoms with Gasteiger partial charge in [-0.05, 0) is 51.8 Å². The first kappa shape index (κ1) is 15.3. The number of carbonyl (C=O) groups is 1. The van der Waals surface area contributed by atoms with Crippen molar-refractivity contribution in [1.29, 1.82) is 0 Å². The molecule has 110 valence electrons. The van der Waals surface area contributed by atoms with Gasteiger partial charge in [-0.1, -0.05) is 12.1 Å². The van der Waals surface area contributed by atoms with Gasteiger partial charge in [0.1, 0.15) is 5.75 Å². The highest BCUT2D eigenvalue weighted by atomic mass is 79.9. The molecule has 2 rings (SSSR count). The molecule has 0 aliphatic heterocycles. The first-order valence-electron chi connectivity index (χ1n) is 6.26. The van der Waals surface area contributed by atoms with E-state index in [4.69, 9.17) is 15.6 Å². The van der Waals surface area contributed by atoms with Crippen LogP contribution in [-0.2, 0) is 11.4 Å². The molecule has 0 bridgehead atoms. The van der Waals surface area contributed by atoms with Crippen LogP contribution in [0.2, 0.25) is 0 Å². The molecule has 0 aromatic heterocycles. The van der Waals surface area contributed by atoms with Crippen LogP contribution in [0.15, 0.2) is 46.9 Å². The number of carbonyl (C=O) groups excluding carboxylic acids is 1. The summed E-state index contributed by atoms with van der Waals surface area (Å²) in [7, 11) is 0. The van der Waals surface area contributed by atoms with Gasteiger partial charge >= 0.3 is 0 Å². The Morgan fingerprint density at radius 2 is 1.95 bits per heavy atom. The van der Waals surface area contributed by atoms with E-state index < -0.39 is 0 Å². The maximum atomic E-state index is 11.8. The largest absolute Gasteiger partial charge is 0.484 e. The maximum Gasteiger partial charge on any atom is 0.262 e. The first-order chi connectivity index (χ1) is 10.1. The third kappa shape index (κ3) is 4.47. The molecule has 2 aromatic rings. The molecular formula is C15H15BrN2O3. The summed E-state index contributed by atoms with van der Waals surface area (Å²) in [6.07, 6.45) is 0. The van der Waals surface area contributed by atoms with Crippen LogP contribution in [-0.4, -0.2) is 17.6 Å². The molecule has 0 heterocycles. The number of nitrogen functional groups attached to an aromatic ring is 1. The third-order valence-electron chi connectivity index (χ3n) is 2.74. The Morgan fingerprint density at radius 3 is 2.57 bits per heavy atom. The molecule has 5 nitrogen and oxygen atoms in total. The molecule has 0 saturated carbocycles. The van der Waals surface area contributed by atoms with Crippen LogP contribution >= 0.6 is 15.9 Å². The molecule has 6 heteroatoms. The van der Waals surface area contributed by atoms with E-state index in [2.05, 4.69) is 21.2 Å². The first-order valence-corrected chi connectivity index (χ1v) is 7.05. The van der Waals surface area contributed by atoms with Crippen molar-refractivity contribution in [1.82, 2.24) is 0 Å². The summed E-state index contributed by atoms with van der Waals surface area (Å²) < 4.78 is 6.08. The Bertz CT molecular complexity index is 629. The molecular weight excluding hydrogens is 336 g/mol. The lowest BCUT2D eigenvalue weighted by Gasteiger charge is -2.09. The Labute approximate surface area is 130 Å². The van der Waals surface area contributed by atoms with Crippen LogP contribution in [0, 0.1) is 0 Å². The lowest BCUT2D eigenvalue weighted by Crippen LogP contribution is -2.20. The van der Waals surface area contributed by atoms with Crippen molar-refractivity contribution in [2.75, 3.05) is 17.7 Å². The summed E-state index contributed by atoms with van der Waals surface area (Å²) in [6, 6.07) is 12.0. The van der Waals surface area contributed by atoms with Gasteiger partial charge in [-0.25, -0.2) is 0 Å². The molecule has 0 unspecified atom stereocenters. The molecule has 0 atom stereocenters. The van der Waals surface area contributed by atoms with Gasteiger partial charge in [-0.2, -0.15) is 0 Å². The Kier molecular flexibility index (Phi) is 5.19. The number of benzene rings is 2. The van der Waals surface area contributed by atoms with Crippen LogP contribution in [0.25, 0.3) is 0 Å². The van der Waals surface area contributed by atoms with Crippen molar-refractivity contribution < 1.29 is 14.6 Å². The molecule has 21 heavy (non-hydrogen) atoms. The van der Waals surface area contributed by atoms with E-state index in [-0.39, 0.29) is 19.1 Å². The normalized spacial score (nSPS) is 10.2. The minimum absolute atomic E-state index is 0.0219. The van der Waals surface area contributed by atoms with Crippen molar-refractivity contribution in [3.63, 3.8) is 0 Å². The van der Waals surface area contributed by atoms with Gasteiger partial charge in [-0.3, -0.25) is 4.79 Å². The fraction of sp³-hybridized carbons (Fsp3) is 0.133. The van der Waals surface area contributed by atoms with Gasteiger partial charge in [-0.15, -0.1) is 0 Å². The summed E-state index contributed by atoms with van der Waals surface area (Å²) in [6.45, 7) is -0.124. The molecule has 1 amide bonds. The Hall–Kier alpha value is -2.05. The average Bonchev–Trinajstić information content (AvgIpc) is 2.48. The molecule has 2 aromatic carbocycles. The fourth-order valence-corrected chi connectivity index (χ4v) is 2.15. The van der Waals surface area contributed by atoms with Crippen LogP contribution in [0.3, 0.4) is 0 Å². The van der Waals surface area contributed by atoms with Gasteiger partial charge < -0.3 is 20.9 Å². The average molecular weight is 351 g/mol. The van der Waals surface area contributed by atoms with E-state index in [1.165, 1.54) is 0 Å². The number of aliphatic hydroxyl groups excluding tert-OH is 1. The number of rotatable bonds is 5. The predicted molar refractivity (Wildman–Crippen MR) is 85.0 cm³/mol. The standard InChI is InChI=1S/C15H15BrN2O3/c16-13-7-11(17)3-6-14(13)18-15(20)9-21-12-4-1-10(8-19)2-5-12/h1-7,19H,8-9,17H2,(H,18,20). The summed E-state index contributed by atoms with van der Waals surface area (Å²) in [5.41, 5.74) is 7.66. The minimum Gasteiger partial charge on any atom is -0.484 e. The highest BCUT2D eigenvalue weighted by Gasteiger charge is 2.07. The Balaban J connectivity index is 1.89. The molecule has 4 N–H and O–H groups in total. The quantitative estimate of drug-likeness (QED) is 0.723. The monoisotopic (exact) mass is 350 g/mol. The topological polar surface area (TPSA) is 84.6 Å². The van der Waals surface area contributed by atoms with Crippen molar-refractivity contribution >= 4 is 33.2 Å². The van der Waals surface area contributed by atoms with Crippen molar-refractivity contribution in [3.05, 3.63) is 52.5 Å². The third-order valence-corrected chi connectivity index (χ3v) is 3.40. The molecule has 0 aliphatic rings. The zero-order chi connectivity index (χ0) is 15.2. The van der Waals surface area contributed by atoms with Gasteiger partial charge in [0, 0.05) is 10.2 Å². The number of halogens is 1. The molecule has 0 aliphatic carbocycles. The second-order valence-corrected chi connectivity index (χ2v) is 5.23. The van der Waals surface area contributed by atoms with Crippen LogP contribution in [0.5, 0.6) is 5.75 Å². The molecule has 0 spiro atoms. The maximum absolute atomic E-state index is 11.8. The van der Waals surface area contributed by atoms with E-state index in [1.807, 2.05) is 0 Å². The van der Waals surface area contributed by atoms with Gasteiger partial charge in [0.25, 0.3) is 5.91 Å². The molecule has 0 radical (unpaired) electrons. The minimum atomic E-state index is -0.272. The number of amides is 1. The van der Waals surface area contributed by atoms with E-state index in [1.54, 1.807) is 42.5 Å². The van der Waals surface area contributed by atoms with E-state index in [0.29, 0.717) is 21.6 Å². The number of nitrogens with one attached hydrogen (secondary N) is 1. The lowest BCUT2D eigenvalue weighted by atomic mass is 10.2. The second kappa shape index (κ2) is 7.10. The number of anilines is 2. The molecule has 0 saturated heterocycles. The van der Waals surface area contributed by atoms with Crippen LogP contribution in [0.1, 0.15) is 5.56 Å². The van der Waals surface area contributed by atoms with Crippen molar-refractivity contribution in [3.8, 4) is 5.75 Å². The SMILES string of the molecule is Nc1ccc(NC(=O)COc2ccc(CO)cc2)c(Br)c1.